The molecule has 6 aliphatic carbocycles. The molecule has 0 aromatic rings. The minimum absolute atomic E-state index is 0.00284. The first-order chi connectivity index (χ1) is 18.2. The van der Waals surface area contributed by atoms with Gasteiger partial charge in [0.05, 0.1) is 18.1 Å². The van der Waals surface area contributed by atoms with Crippen LogP contribution in [0.5, 0.6) is 0 Å². The summed E-state index contributed by atoms with van der Waals surface area (Å²) in [6, 6.07) is 0. The quantitative estimate of drug-likeness (QED) is 0.360. The molecule has 7 fully saturated rings. The second kappa shape index (κ2) is 7.84. The van der Waals surface area contributed by atoms with Crippen LogP contribution in [0.25, 0.3) is 0 Å². The van der Waals surface area contributed by atoms with E-state index in [9.17, 15) is 20.1 Å². The smallest absolute Gasteiger partial charge is 0.309 e. The van der Waals surface area contributed by atoms with E-state index in [2.05, 4.69) is 27.7 Å². The Morgan fingerprint density at radius 3 is 2.36 bits per heavy atom. The number of aliphatic hydroxyl groups is 2. The molecule has 0 aromatic heterocycles. The third-order valence-corrected chi connectivity index (χ3v) is 16.3. The van der Waals surface area contributed by atoms with Crippen LogP contribution in [0.2, 0.25) is 0 Å². The highest BCUT2D eigenvalue weighted by atomic mass is 16.6. The Bertz CT molecular complexity index is 1080. The number of carboxylic acids is 1. The van der Waals surface area contributed by atoms with Gasteiger partial charge >= 0.3 is 5.97 Å². The molecule has 3 N–H and O–H groups in total. The van der Waals surface area contributed by atoms with E-state index in [1.54, 1.807) is 0 Å². The molecule has 2 spiro atoms. The van der Waals surface area contributed by atoms with E-state index in [1.165, 1.54) is 44.9 Å². The van der Waals surface area contributed by atoms with E-state index in [0.29, 0.717) is 18.9 Å². The number of aliphatic hydroxyl groups excluding tert-OH is 1. The lowest BCUT2D eigenvalue weighted by molar-refractivity contribution is -0.345. The van der Waals surface area contributed by atoms with Crippen LogP contribution in [0.4, 0.5) is 0 Å². The lowest BCUT2D eigenvalue weighted by Gasteiger charge is -2.82. The predicted molar refractivity (Wildman–Crippen MR) is 150 cm³/mol. The summed E-state index contributed by atoms with van der Waals surface area (Å²) in [5.41, 5.74) is -0.00788. The van der Waals surface area contributed by atoms with Gasteiger partial charge in [0.1, 0.15) is 0 Å². The number of carboxylic acid groups (broad SMARTS) is 1. The fourth-order valence-corrected chi connectivity index (χ4v) is 14.5. The topological polar surface area (TPSA) is 87.0 Å². The average Bonchev–Trinajstić information content (AvgIpc) is 3.05. The summed E-state index contributed by atoms with van der Waals surface area (Å²) in [7, 11) is 0. The van der Waals surface area contributed by atoms with Crippen LogP contribution in [-0.4, -0.2) is 39.8 Å². The van der Waals surface area contributed by atoms with Crippen molar-refractivity contribution in [3.63, 3.8) is 0 Å². The van der Waals surface area contributed by atoms with Crippen molar-refractivity contribution in [2.45, 2.75) is 143 Å². The van der Waals surface area contributed by atoms with Gasteiger partial charge in [-0.05, 0) is 123 Å². The van der Waals surface area contributed by atoms with Gasteiger partial charge in [0, 0.05) is 17.8 Å². The Labute approximate surface area is 235 Å². The molecular weight excluding hydrogens is 488 g/mol. The first-order valence-electron chi connectivity index (χ1n) is 16.5. The number of rotatable bonds is 3. The molecule has 4 bridgehead atoms. The summed E-state index contributed by atoms with van der Waals surface area (Å²) in [4.78, 5) is 12.6. The van der Waals surface area contributed by atoms with Crippen molar-refractivity contribution in [2.24, 2.45) is 55.7 Å². The van der Waals surface area contributed by atoms with Crippen LogP contribution in [0.15, 0.2) is 0 Å². The number of fused-ring (bicyclic) bond motifs is 3. The van der Waals surface area contributed by atoms with E-state index in [0.717, 1.165) is 44.9 Å². The minimum atomic E-state index is -1.17. The molecule has 39 heavy (non-hydrogen) atoms. The third kappa shape index (κ3) is 2.83. The van der Waals surface area contributed by atoms with Gasteiger partial charge in [-0.1, -0.05) is 40.5 Å². The van der Waals surface area contributed by atoms with Crippen LogP contribution in [0, 0.1) is 55.7 Å². The lowest BCUT2D eigenvalue weighted by Crippen LogP contribution is -2.76. The Hall–Kier alpha value is -0.650. The van der Waals surface area contributed by atoms with E-state index < -0.39 is 23.3 Å². The van der Waals surface area contributed by atoms with Crippen LogP contribution in [-0.2, 0) is 9.53 Å². The van der Waals surface area contributed by atoms with Crippen LogP contribution < -0.4 is 0 Å². The second-order valence-corrected chi connectivity index (χ2v) is 17.1. The van der Waals surface area contributed by atoms with Gasteiger partial charge in [-0.25, -0.2) is 0 Å². The van der Waals surface area contributed by atoms with Crippen molar-refractivity contribution in [1.29, 1.82) is 0 Å². The molecule has 1 heterocycles. The van der Waals surface area contributed by atoms with Gasteiger partial charge < -0.3 is 20.1 Å². The fraction of sp³-hybridized carbons (Fsp3) is 0.971. The molecular formula is C34H54O5. The van der Waals surface area contributed by atoms with Gasteiger partial charge in [-0.15, -0.1) is 0 Å². The standard InChI is InChI=1S/C34H54O5/c1-6-8-23-31-16-18-33-10-7-9-32(17-14-29(33,4)25(31)22(35)19-34(23,38)39-21-31)24-20-28(3,26(36)37)12-11-27(24,2)13-15-30(32,33)5/h22-25,35,38H,6-21H2,1-5H3,(H,36,37). The number of ether oxygens (including phenoxy) is 1. The molecule has 0 amide bonds. The third-order valence-electron chi connectivity index (χ3n) is 16.3. The molecule has 0 aromatic carbocycles. The maximum Gasteiger partial charge on any atom is 0.309 e. The monoisotopic (exact) mass is 542 g/mol. The van der Waals surface area contributed by atoms with E-state index in [-0.39, 0.29) is 44.3 Å². The highest BCUT2D eigenvalue weighted by Gasteiger charge is 2.81. The summed E-state index contributed by atoms with van der Waals surface area (Å²) < 4.78 is 6.29. The number of hydrogen-bond donors (Lipinski definition) is 3. The molecule has 5 heteroatoms. The highest BCUT2D eigenvalue weighted by Crippen LogP contribution is 2.86. The van der Waals surface area contributed by atoms with Crippen molar-refractivity contribution < 1.29 is 24.9 Å². The zero-order valence-corrected chi connectivity index (χ0v) is 25.3. The first kappa shape index (κ1) is 27.2. The summed E-state index contributed by atoms with van der Waals surface area (Å²) in [6.45, 7) is 12.6. The van der Waals surface area contributed by atoms with E-state index in [4.69, 9.17) is 4.74 Å². The average molecular weight is 543 g/mol. The van der Waals surface area contributed by atoms with Gasteiger partial charge in [0.2, 0.25) is 0 Å². The normalized spacial score (nSPS) is 61.4. The van der Waals surface area contributed by atoms with Crippen molar-refractivity contribution in [3.05, 3.63) is 0 Å². The fourth-order valence-electron chi connectivity index (χ4n) is 14.5. The molecule has 7 rings (SSSR count). The van der Waals surface area contributed by atoms with Crippen molar-refractivity contribution >= 4 is 5.97 Å². The number of carbonyl (C=O) groups is 1. The molecule has 5 nitrogen and oxygen atoms in total. The Kier molecular flexibility index (Phi) is 5.47. The summed E-state index contributed by atoms with van der Waals surface area (Å²) in [5, 5.41) is 33.9. The molecule has 12 unspecified atom stereocenters. The van der Waals surface area contributed by atoms with Gasteiger partial charge in [-0.2, -0.15) is 0 Å². The molecule has 220 valence electrons. The van der Waals surface area contributed by atoms with Crippen molar-refractivity contribution in [1.82, 2.24) is 0 Å². The minimum Gasteiger partial charge on any atom is -0.481 e. The predicted octanol–water partition coefficient (Wildman–Crippen LogP) is 6.94. The zero-order chi connectivity index (χ0) is 27.9. The van der Waals surface area contributed by atoms with Crippen molar-refractivity contribution in [2.75, 3.05) is 6.61 Å². The van der Waals surface area contributed by atoms with E-state index >= 15 is 0 Å². The van der Waals surface area contributed by atoms with Gasteiger partial charge in [0.15, 0.2) is 5.79 Å². The number of aliphatic carboxylic acids is 1. The maximum atomic E-state index is 12.6. The summed E-state index contributed by atoms with van der Waals surface area (Å²) >= 11 is 0. The molecule has 0 radical (unpaired) electrons. The molecule has 7 aliphatic rings. The SMILES string of the molecule is CCCC1C2(O)CC(O)C3C1(CCC14CCCC5(CCC31C)C1CC(C)(C(=O)O)CCC1(C)CCC54C)CO2. The zero-order valence-electron chi connectivity index (χ0n) is 25.3. The molecule has 6 saturated carbocycles. The summed E-state index contributed by atoms with van der Waals surface area (Å²) in [6.07, 6.45) is 15.2. The Morgan fingerprint density at radius 1 is 0.897 bits per heavy atom. The molecule has 1 aliphatic heterocycles. The Balaban J connectivity index is 1.36. The number of hydrogen-bond acceptors (Lipinski definition) is 4. The largest absolute Gasteiger partial charge is 0.481 e. The van der Waals surface area contributed by atoms with Crippen LogP contribution in [0.1, 0.15) is 131 Å². The molecule has 1 saturated heterocycles. The van der Waals surface area contributed by atoms with Crippen molar-refractivity contribution in [3.8, 4) is 0 Å². The highest BCUT2D eigenvalue weighted by molar-refractivity contribution is 5.74. The second-order valence-electron chi connectivity index (χ2n) is 17.1. The maximum absolute atomic E-state index is 12.6. The lowest BCUT2D eigenvalue weighted by atomic mass is 9.22. The first-order valence-corrected chi connectivity index (χ1v) is 16.5. The van der Waals surface area contributed by atoms with Crippen LogP contribution in [0.3, 0.4) is 0 Å². The Morgan fingerprint density at radius 2 is 1.64 bits per heavy atom. The van der Waals surface area contributed by atoms with E-state index in [1.807, 2.05) is 6.92 Å². The molecule has 12 atom stereocenters. The van der Waals surface area contributed by atoms with Gasteiger partial charge in [0.25, 0.3) is 0 Å². The van der Waals surface area contributed by atoms with Crippen LogP contribution >= 0.6 is 0 Å². The summed E-state index contributed by atoms with van der Waals surface area (Å²) in [5.74, 6) is -1.03. The van der Waals surface area contributed by atoms with Gasteiger partial charge in [-0.3, -0.25) is 4.79 Å².